The number of rotatable bonds is 7. The molecule has 0 amide bonds. The molecule has 3 nitrogen and oxygen atoms in total. The Morgan fingerprint density at radius 2 is 1.84 bits per heavy atom. The van der Waals surface area contributed by atoms with Gasteiger partial charge < -0.3 is 10.1 Å². The van der Waals surface area contributed by atoms with Crippen molar-refractivity contribution in [3.05, 3.63) is 65.5 Å². The second-order valence-corrected chi connectivity index (χ2v) is 4.42. The Hall–Kier alpha value is -1.71. The van der Waals surface area contributed by atoms with Gasteiger partial charge in [0, 0.05) is 24.9 Å². The van der Waals surface area contributed by atoms with Crippen LogP contribution in [0.3, 0.4) is 0 Å². The van der Waals surface area contributed by atoms with Crippen molar-refractivity contribution in [3.63, 3.8) is 0 Å². The van der Waals surface area contributed by atoms with Crippen LogP contribution in [0.25, 0.3) is 0 Å². The Bertz CT molecular complexity index is 485. The van der Waals surface area contributed by atoms with Crippen LogP contribution in [0.1, 0.15) is 16.8 Å². The molecule has 1 N–H and O–H groups in total. The van der Waals surface area contributed by atoms with Crippen LogP contribution in [-0.4, -0.2) is 18.6 Å². The molecule has 0 atom stereocenters. The smallest absolute Gasteiger partial charge is 0.0720 e. The molecule has 0 saturated carbocycles. The SMILES string of the molecule is CNCc1ccccc1COCCc1ccccn1. The molecular formula is C16H20N2O. The number of nitrogens with zero attached hydrogens (tertiary/aromatic N) is 1. The molecule has 1 aromatic heterocycles. The fourth-order valence-corrected chi connectivity index (χ4v) is 1.97. The molecule has 1 heterocycles. The Morgan fingerprint density at radius 1 is 1.05 bits per heavy atom. The van der Waals surface area contributed by atoms with E-state index in [0.717, 1.165) is 18.7 Å². The molecule has 0 aliphatic rings. The maximum absolute atomic E-state index is 5.74. The molecule has 100 valence electrons. The normalized spacial score (nSPS) is 10.6. The molecule has 0 unspecified atom stereocenters. The fraction of sp³-hybridized carbons (Fsp3) is 0.312. The molecule has 0 fully saturated rings. The van der Waals surface area contributed by atoms with E-state index in [1.165, 1.54) is 11.1 Å². The van der Waals surface area contributed by atoms with Gasteiger partial charge in [-0.1, -0.05) is 30.3 Å². The summed E-state index contributed by atoms with van der Waals surface area (Å²) in [5, 5.41) is 3.18. The third kappa shape index (κ3) is 4.47. The lowest BCUT2D eigenvalue weighted by molar-refractivity contribution is 0.122. The minimum atomic E-state index is 0.657. The van der Waals surface area contributed by atoms with Crippen LogP contribution in [-0.2, 0) is 24.3 Å². The molecule has 0 aliphatic heterocycles. The quantitative estimate of drug-likeness (QED) is 0.773. The van der Waals surface area contributed by atoms with Gasteiger partial charge in [0.1, 0.15) is 0 Å². The van der Waals surface area contributed by atoms with E-state index < -0.39 is 0 Å². The number of nitrogens with one attached hydrogen (secondary N) is 1. The lowest BCUT2D eigenvalue weighted by atomic mass is 10.1. The van der Waals surface area contributed by atoms with Crippen LogP contribution in [0.5, 0.6) is 0 Å². The Kier molecular flexibility index (Phi) is 5.53. The average molecular weight is 256 g/mol. The summed E-state index contributed by atoms with van der Waals surface area (Å²) in [6.45, 7) is 2.23. The van der Waals surface area contributed by atoms with Crippen LogP contribution in [0.4, 0.5) is 0 Å². The maximum atomic E-state index is 5.74. The zero-order valence-corrected chi connectivity index (χ0v) is 11.3. The van der Waals surface area contributed by atoms with Gasteiger partial charge in [-0.2, -0.15) is 0 Å². The highest BCUT2D eigenvalue weighted by molar-refractivity contribution is 5.26. The van der Waals surface area contributed by atoms with Crippen LogP contribution in [0, 0.1) is 0 Å². The Labute approximate surface area is 114 Å². The fourth-order valence-electron chi connectivity index (χ4n) is 1.97. The minimum absolute atomic E-state index is 0.657. The van der Waals surface area contributed by atoms with Crippen molar-refractivity contribution < 1.29 is 4.74 Å². The van der Waals surface area contributed by atoms with Crippen LogP contribution in [0.2, 0.25) is 0 Å². The van der Waals surface area contributed by atoms with Crippen molar-refractivity contribution in [2.45, 2.75) is 19.6 Å². The lowest BCUT2D eigenvalue weighted by Gasteiger charge is -2.09. The number of aromatic nitrogens is 1. The van der Waals surface area contributed by atoms with E-state index in [0.29, 0.717) is 13.2 Å². The molecule has 0 radical (unpaired) electrons. The number of ether oxygens (including phenoxy) is 1. The standard InChI is InChI=1S/C16H20N2O/c1-17-12-14-6-2-3-7-15(14)13-19-11-9-16-8-4-5-10-18-16/h2-8,10,17H,9,11-13H2,1H3. The van der Waals surface area contributed by atoms with E-state index >= 15 is 0 Å². The second-order valence-electron chi connectivity index (χ2n) is 4.42. The molecule has 0 spiro atoms. The molecule has 1 aromatic carbocycles. The predicted molar refractivity (Wildman–Crippen MR) is 76.8 cm³/mol. The van der Waals surface area contributed by atoms with E-state index in [-0.39, 0.29) is 0 Å². The summed E-state index contributed by atoms with van der Waals surface area (Å²) in [5.74, 6) is 0. The van der Waals surface area contributed by atoms with Gasteiger partial charge in [-0.3, -0.25) is 4.98 Å². The van der Waals surface area contributed by atoms with Gasteiger partial charge in [0.25, 0.3) is 0 Å². The highest BCUT2D eigenvalue weighted by Crippen LogP contribution is 2.10. The second kappa shape index (κ2) is 7.67. The Balaban J connectivity index is 1.79. The number of pyridine rings is 1. The first-order valence-electron chi connectivity index (χ1n) is 6.59. The van der Waals surface area contributed by atoms with Crippen molar-refractivity contribution >= 4 is 0 Å². The molecule has 0 aliphatic carbocycles. The molecule has 3 heteroatoms. The summed E-state index contributed by atoms with van der Waals surface area (Å²) in [5.41, 5.74) is 3.62. The van der Waals surface area contributed by atoms with Gasteiger partial charge in [-0.25, -0.2) is 0 Å². The van der Waals surface area contributed by atoms with E-state index in [2.05, 4.69) is 34.6 Å². The summed E-state index contributed by atoms with van der Waals surface area (Å²) in [6.07, 6.45) is 2.67. The van der Waals surface area contributed by atoms with Gasteiger partial charge >= 0.3 is 0 Å². The van der Waals surface area contributed by atoms with E-state index in [1.807, 2.05) is 31.4 Å². The van der Waals surface area contributed by atoms with Gasteiger partial charge in [-0.05, 0) is 30.3 Å². The highest BCUT2D eigenvalue weighted by atomic mass is 16.5. The molecule has 0 bridgehead atoms. The molecule has 19 heavy (non-hydrogen) atoms. The van der Waals surface area contributed by atoms with E-state index in [4.69, 9.17) is 4.74 Å². The number of hydrogen-bond donors (Lipinski definition) is 1. The van der Waals surface area contributed by atoms with Crippen molar-refractivity contribution in [2.24, 2.45) is 0 Å². The molecule has 0 saturated heterocycles. The van der Waals surface area contributed by atoms with Gasteiger partial charge in [0.2, 0.25) is 0 Å². The third-order valence-corrected chi connectivity index (χ3v) is 2.97. The lowest BCUT2D eigenvalue weighted by Crippen LogP contribution is -2.09. The first kappa shape index (κ1) is 13.7. The van der Waals surface area contributed by atoms with Crippen molar-refractivity contribution in [3.8, 4) is 0 Å². The van der Waals surface area contributed by atoms with Crippen molar-refractivity contribution in [1.29, 1.82) is 0 Å². The summed E-state index contributed by atoms with van der Waals surface area (Å²) in [4.78, 5) is 4.28. The molecule has 2 aromatic rings. The van der Waals surface area contributed by atoms with Crippen molar-refractivity contribution in [1.82, 2.24) is 10.3 Å². The average Bonchev–Trinajstić information content (AvgIpc) is 2.47. The Morgan fingerprint density at radius 3 is 2.58 bits per heavy atom. The van der Waals surface area contributed by atoms with Crippen molar-refractivity contribution in [2.75, 3.05) is 13.7 Å². The van der Waals surface area contributed by atoms with Gasteiger partial charge in [-0.15, -0.1) is 0 Å². The van der Waals surface area contributed by atoms with E-state index in [1.54, 1.807) is 0 Å². The summed E-state index contributed by atoms with van der Waals surface area (Å²) < 4.78 is 5.74. The predicted octanol–water partition coefficient (Wildman–Crippen LogP) is 2.56. The monoisotopic (exact) mass is 256 g/mol. The highest BCUT2D eigenvalue weighted by Gasteiger charge is 2.01. The zero-order valence-electron chi connectivity index (χ0n) is 11.3. The number of benzene rings is 1. The molecular weight excluding hydrogens is 236 g/mol. The van der Waals surface area contributed by atoms with Crippen LogP contribution < -0.4 is 5.32 Å². The first-order valence-corrected chi connectivity index (χ1v) is 6.59. The topological polar surface area (TPSA) is 34.1 Å². The molecule has 2 rings (SSSR count). The summed E-state index contributed by atoms with van der Waals surface area (Å²) >= 11 is 0. The summed E-state index contributed by atoms with van der Waals surface area (Å²) in [7, 11) is 1.96. The first-order chi connectivity index (χ1) is 9.40. The zero-order chi connectivity index (χ0) is 13.3. The maximum Gasteiger partial charge on any atom is 0.0720 e. The minimum Gasteiger partial charge on any atom is -0.376 e. The van der Waals surface area contributed by atoms with Gasteiger partial charge in [0.15, 0.2) is 0 Å². The summed E-state index contributed by atoms with van der Waals surface area (Å²) in [6, 6.07) is 14.3. The largest absolute Gasteiger partial charge is 0.376 e. The van der Waals surface area contributed by atoms with Crippen LogP contribution >= 0.6 is 0 Å². The third-order valence-electron chi connectivity index (χ3n) is 2.97. The van der Waals surface area contributed by atoms with Gasteiger partial charge in [0.05, 0.1) is 13.2 Å². The van der Waals surface area contributed by atoms with E-state index in [9.17, 15) is 0 Å². The van der Waals surface area contributed by atoms with Crippen LogP contribution in [0.15, 0.2) is 48.7 Å². The number of hydrogen-bond acceptors (Lipinski definition) is 3.